The van der Waals surface area contributed by atoms with E-state index in [0.717, 1.165) is 0 Å². The van der Waals surface area contributed by atoms with Crippen molar-refractivity contribution in [2.45, 2.75) is 24.8 Å². The van der Waals surface area contributed by atoms with Gasteiger partial charge in [-0.3, -0.25) is 10.1 Å². The molecule has 0 spiro atoms. The molecule has 0 saturated carbocycles. The first-order valence-electron chi connectivity index (χ1n) is 4.76. The number of hydrogen-bond acceptors (Lipinski definition) is 4. The van der Waals surface area contributed by atoms with Gasteiger partial charge < -0.3 is 5.32 Å². The average molecular weight is 269 g/mol. The van der Waals surface area contributed by atoms with E-state index in [-0.39, 0.29) is 11.5 Å². The van der Waals surface area contributed by atoms with Gasteiger partial charge >= 0.3 is 6.03 Å². The van der Waals surface area contributed by atoms with Crippen LogP contribution in [0.5, 0.6) is 0 Å². The van der Waals surface area contributed by atoms with E-state index in [1.54, 1.807) is 0 Å². The molecule has 1 heterocycles. The molecule has 0 aromatic carbocycles. The fraction of sp³-hybridized carbons (Fsp3) is 0.750. The van der Waals surface area contributed by atoms with Gasteiger partial charge in [-0.05, 0) is 13.3 Å². The highest BCUT2D eigenvalue weighted by Crippen LogP contribution is 2.10. The highest BCUT2D eigenvalue weighted by atomic mass is 35.5. The van der Waals surface area contributed by atoms with Gasteiger partial charge in [0.1, 0.15) is 5.38 Å². The van der Waals surface area contributed by atoms with Crippen LogP contribution in [0.2, 0.25) is 0 Å². The SMILES string of the molecule is C[C@@H](Cl)C(=O)NC(=O)N[C@H]1CCS(=O)(=O)C1. The van der Waals surface area contributed by atoms with Crippen molar-refractivity contribution in [1.29, 1.82) is 0 Å². The lowest BCUT2D eigenvalue weighted by Gasteiger charge is -2.11. The Balaban J connectivity index is 2.39. The van der Waals surface area contributed by atoms with Crippen LogP contribution < -0.4 is 10.6 Å². The molecule has 2 N–H and O–H groups in total. The Bertz CT molecular complexity index is 393. The van der Waals surface area contributed by atoms with Crippen LogP contribution in [0, 0.1) is 0 Å². The second kappa shape index (κ2) is 5.01. The number of carbonyl (C=O) groups excluding carboxylic acids is 2. The van der Waals surface area contributed by atoms with Crippen molar-refractivity contribution < 1.29 is 18.0 Å². The number of imide groups is 1. The number of sulfone groups is 1. The molecule has 1 fully saturated rings. The van der Waals surface area contributed by atoms with Gasteiger partial charge in [-0.25, -0.2) is 13.2 Å². The number of rotatable bonds is 2. The van der Waals surface area contributed by atoms with E-state index < -0.39 is 33.2 Å². The fourth-order valence-corrected chi connectivity index (χ4v) is 3.07. The predicted octanol–water partition coefficient (Wildman–Crippen LogP) is -0.373. The quantitative estimate of drug-likeness (QED) is 0.668. The van der Waals surface area contributed by atoms with Crippen LogP contribution in [0.15, 0.2) is 0 Å². The minimum atomic E-state index is -3.04. The second-order valence-electron chi connectivity index (χ2n) is 3.68. The van der Waals surface area contributed by atoms with Crippen molar-refractivity contribution in [3.8, 4) is 0 Å². The van der Waals surface area contributed by atoms with E-state index in [2.05, 4.69) is 5.32 Å². The summed E-state index contributed by atoms with van der Waals surface area (Å²) in [6.07, 6.45) is 0.375. The smallest absolute Gasteiger partial charge is 0.321 e. The van der Waals surface area contributed by atoms with Crippen molar-refractivity contribution in [2.24, 2.45) is 0 Å². The summed E-state index contributed by atoms with van der Waals surface area (Å²) in [5.74, 6) is -0.622. The van der Waals surface area contributed by atoms with Gasteiger partial charge in [-0.1, -0.05) is 0 Å². The van der Waals surface area contributed by atoms with Crippen LogP contribution in [0.3, 0.4) is 0 Å². The van der Waals surface area contributed by atoms with Gasteiger partial charge in [0.05, 0.1) is 11.5 Å². The number of carbonyl (C=O) groups is 2. The molecule has 0 aliphatic carbocycles. The van der Waals surface area contributed by atoms with Gasteiger partial charge in [0.25, 0.3) is 0 Å². The molecular weight excluding hydrogens is 256 g/mol. The molecule has 1 aliphatic rings. The molecule has 0 aromatic heterocycles. The highest BCUT2D eigenvalue weighted by Gasteiger charge is 2.29. The third-order valence-corrected chi connectivity index (χ3v) is 4.13. The number of hydrogen-bond donors (Lipinski definition) is 2. The molecule has 3 amide bonds. The molecule has 6 nitrogen and oxygen atoms in total. The van der Waals surface area contributed by atoms with Crippen molar-refractivity contribution in [1.82, 2.24) is 10.6 Å². The zero-order valence-electron chi connectivity index (χ0n) is 8.70. The molecule has 2 atom stereocenters. The maximum atomic E-state index is 11.2. The highest BCUT2D eigenvalue weighted by molar-refractivity contribution is 7.91. The fourth-order valence-electron chi connectivity index (χ4n) is 1.34. The zero-order valence-corrected chi connectivity index (χ0v) is 10.3. The van der Waals surface area contributed by atoms with E-state index in [9.17, 15) is 18.0 Å². The summed E-state index contributed by atoms with van der Waals surface area (Å²) in [4.78, 5) is 22.3. The molecule has 0 radical (unpaired) electrons. The molecule has 92 valence electrons. The lowest BCUT2D eigenvalue weighted by Crippen LogP contribution is -2.46. The summed E-state index contributed by atoms with van der Waals surface area (Å²) < 4.78 is 22.2. The van der Waals surface area contributed by atoms with E-state index >= 15 is 0 Å². The molecule has 0 aromatic rings. The van der Waals surface area contributed by atoms with E-state index in [1.165, 1.54) is 6.92 Å². The third-order valence-electron chi connectivity index (χ3n) is 2.17. The van der Waals surface area contributed by atoms with E-state index in [4.69, 9.17) is 11.6 Å². The predicted molar refractivity (Wildman–Crippen MR) is 59.0 cm³/mol. The Morgan fingerprint density at radius 2 is 2.06 bits per heavy atom. The maximum absolute atomic E-state index is 11.2. The summed E-state index contributed by atoms with van der Waals surface area (Å²) in [5, 5.41) is 3.62. The lowest BCUT2D eigenvalue weighted by molar-refractivity contribution is -0.119. The normalized spacial score (nSPS) is 24.8. The van der Waals surface area contributed by atoms with Crippen LogP contribution in [0.1, 0.15) is 13.3 Å². The topological polar surface area (TPSA) is 92.3 Å². The first-order chi connectivity index (χ1) is 7.30. The third kappa shape index (κ3) is 3.97. The minimum Gasteiger partial charge on any atom is -0.334 e. The van der Waals surface area contributed by atoms with Crippen molar-refractivity contribution in [3.05, 3.63) is 0 Å². The molecule has 8 heteroatoms. The Morgan fingerprint density at radius 3 is 2.50 bits per heavy atom. The molecule has 0 unspecified atom stereocenters. The van der Waals surface area contributed by atoms with Crippen molar-refractivity contribution in [2.75, 3.05) is 11.5 Å². The van der Waals surface area contributed by atoms with Crippen molar-refractivity contribution >= 4 is 33.4 Å². The summed E-state index contributed by atoms with van der Waals surface area (Å²) in [5.41, 5.74) is 0. The first-order valence-corrected chi connectivity index (χ1v) is 7.02. The van der Waals surface area contributed by atoms with Crippen LogP contribution in [-0.4, -0.2) is 43.3 Å². The second-order valence-corrected chi connectivity index (χ2v) is 6.56. The van der Waals surface area contributed by atoms with Gasteiger partial charge in [0.15, 0.2) is 9.84 Å². The average Bonchev–Trinajstić information content (AvgIpc) is 2.44. The Morgan fingerprint density at radius 1 is 1.44 bits per heavy atom. The Hall–Kier alpha value is -0.820. The number of nitrogens with one attached hydrogen (secondary N) is 2. The van der Waals surface area contributed by atoms with Crippen molar-refractivity contribution in [3.63, 3.8) is 0 Å². The van der Waals surface area contributed by atoms with E-state index in [1.807, 2.05) is 5.32 Å². The molecule has 1 rings (SSSR count). The summed E-state index contributed by atoms with van der Waals surface area (Å²) in [6.45, 7) is 1.43. The monoisotopic (exact) mass is 268 g/mol. The van der Waals surface area contributed by atoms with Crippen LogP contribution >= 0.6 is 11.6 Å². The summed E-state index contributed by atoms with van der Waals surface area (Å²) >= 11 is 5.45. The summed E-state index contributed by atoms with van der Waals surface area (Å²) in [6, 6.07) is -1.14. The first kappa shape index (κ1) is 13.2. The van der Waals surface area contributed by atoms with E-state index in [0.29, 0.717) is 6.42 Å². The van der Waals surface area contributed by atoms with Crippen LogP contribution in [-0.2, 0) is 14.6 Å². The van der Waals surface area contributed by atoms with Gasteiger partial charge in [0, 0.05) is 6.04 Å². The number of urea groups is 1. The van der Waals surface area contributed by atoms with Gasteiger partial charge in [-0.15, -0.1) is 11.6 Å². The molecular formula is C8H13ClN2O4S. The minimum absolute atomic E-state index is 0.0673. The van der Waals surface area contributed by atoms with Crippen LogP contribution in [0.4, 0.5) is 4.79 Å². The number of alkyl halides is 1. The molecule has 16 heavy (non-hydrogen) atoms. The van der Waals surface area contributed by atoms with Crippen LogP contribution in [0.25, 0.3) is 0 Å². The zero-order chi connectivity index (χ0) is 12.3. The van der Waals surface area contributed by atoms with Gasteiger partial charge in [-0.2, -0.15) is 0 Å². The molecule has 1 saturated heterocycles. The number of halogens is 1. The lowest BCUT2D eigenvalue weighted by atomic mass is 10.3. The molecule has 1 aliphatic heterocycles. The standard InChI is InChI=1S/C8H13ClN2O4S/c1-5(9)7(12)11-8(13)10-6-2-3-16(14,15)4-6/h5-6H,2-4H2,1H3,(H2,10,11,12,13)/t5-,6+/m1/s1. The largest absolute Gasteiger partial charge is 0.334 e. The summed E-state index contributed by atoms with van der Waals surface area (Å²) in [7, 11) is -3.04. The molecule has 0 bridgehead atoms. The van der Waals surface area contributed by atoms with Gasteiger partial charge in [0.2, 0.25) is 5.91 Å². The number of amides is 3. The Kier molecular flexibility index (Phi) is 4.15. The Labute approximate surface area is 98.6 Å². The maximum Gasteiger partial charge on any atom is 0.321 e.